The lowest BCUT2D eigenvalue weighted by Gasteiger charge is -2.02. The molecule has 1 N–H and O–H groups in total. The fourth-order valence-corrected chi connectivity index (χ4v) is 1.38. The lowest BCUT2D eigenvalue weighted by Crippen LogP contribution is -2.18. The van der Waals surface area contributed by atoms with Crippen molar-refractivity contribution < 1.29 is 0 Å². The summed E-state index contributed by atoms with van der Waals surface area (Å²) < 4.78 is 0. The number of aryl methyl sites for hydroxylation is 2. The van der Waals surface area contributed by atoms with Crippen LogP contribution in [0.25, 0.3) is 0 Å². The van der Waals surface area contributed by atoms with E-state index in [-0.39, 0.29) is 5.56 Å². The van der Waals surface area contributed by atoms with E-state index < -0.39 is 0 Å². The Balaban J connectivity index is 3.19. The zero-order valence-electron chi connectivity index (χ0n) is 7.22. The molecule has 0 bridgehead atoms. The molecular formula is C8H12N2OS. The zero-order chi connectivity index (χ0) is 9.14. The predicted molar refractivity (Wildman–Crippen MR) is 51.9 cm³/mol. The largest absolute Gasteiger partial charge is 0.311 e. The molecule has 0 radical (unpaired) electrons. The van der Waals surface area contributed by atoms with Crippen molar-refractivity contribution in [2.45, 2.75) is 20.3 Å². The van der Waals surface area contributed by atoms with Gasteiger partial charge in [0.25, 0.3) is 5.56 Å². The maximum Gasteiger partial charge on any atom is 0.254 e. The SMILES string of the molecule is Cc1nc(C)c(CCS)c(=O)[nH]1. The topological polar surface area (TPSA) is 45.8 Å². The molecule has 0 unspecified atom stereocenters. The highest BCUT2D eigenvalue weighted by molar-refractivity contribution is 7.80. The summed E-state index contributed by atoms with van der Waals surface area (Å²) in [5.41, 5.74) is 1.52. The third-order valence-electron chi connectivity index (χ3n) is 1.70. The lowest BCUT2D eigenvalue weighted by molar-refractivity contribution is 0.920. The van der Waals surface area contributed by atoms with Crippen LogP contribution in [0.15, 0.2) is 4.79 Å². The van der Waals surface area contributed by atoms with Crippen LogP contribution in [0.4, 0.5) is 0 Å². The van der Waals surface area contributed by atoms with Crippen molar-refractivity contribution in [3.63, 3.8) is 0 Å². The summed E-state index contributed by atoms with van der Waals surface area (Å²) in [4.78, 5) is 18.1. The summed E-state index contributed by atoms with van der Waals surface area (Å²) in [5.74, 6) is 1.34. The molecule has 66 valence electrons. The number of H-pyrrole nitrogens is 1. The van der Waals surface area contributed by atoms with E-state index in [1.54, 1.807) is 6.92 Å². The Morgan fingerprint density at radius 2 is 2.17 bits per heavy atom. The second-order valence-corrected chi connectivity index (χ2v) is 3.14. The van der Waals surface area contributed by atoms with E-state index in [2.05, 4.69) is 22.6 Å². The first-order valence-electron chi connectivity index (χ1n) is 3.82. The van der Waals surface area contributed by atoms with Crippen molar-refractivity contribution in [1.29, 1.82) is 0 Å². The summed E-state index contributed by atoms with van der Waals surface area (Å²) in [6, 6.07) is 0. The van der Waals surface area contributed by atoms with Crippen LogP contribution in [0.5, 0.6) is 0 Å². The van der Waals surface area contributed by atoms with E-state index in [4.69, 9.17) is 0 Å². The zero-order valence-corrected chi connectivity index (χ0v) is 8.11. The predicted octanol–water partition coefficient (Wildman–Crippen LogP) is 0.859. The number of hydrogen-bond donors (Lipinski definition) is 2. The molecule has 12 heavy (non-hydrogen) atoms. The molecule has 1 heterocycles. The molecule has 0 amide bonds. The highest BCUT2D eigenvalue weighted by Crippen LogP contribution is 2.00. The first-order chi connectivity index (χ1) is 5.65. The highest BCUT2D eigenvalue weighted by atomic mass is 32.1. The van der Waals surface area contributed by atoms with Gasteiger partial charge in [0.1, 0.15) is 5.82 Å². The Morgan fingerprint density at radius 1 is 1.50 bits per heavy atom. The van der Waals surface area contributed by atoms with E-state index in [0.717, 1.165) is 11.3 Å². The van der Waals surface area contributed by atoms with Crippen molar-refractivity contribution >= 4 is 12.6 Å². The average molecular weight is 184 g/mol. The van der Waals surface area contributed by atoms with Crippen LogP contribution in [0.1, 0.15) is 17.1 Å². The van der Waals surface area contributed by atoms with Gasteiger partial charge in [-0.3, -0.25) is 4.79 Å². The second kappa shape index (κ2) is 3.76. The summed E-state index contributed by atoms with van der Waals surface area (Å²) >= 11 is 4.07. The van der Waals surface area contributed by atoms with E-state index in [1.807, 2.05) is 6.92 Å². The van der Waals surface area contributed by atoms with Crippen molar-refractivity contribution in [3.05, 3.63) is 27.4 Å². The van der Waals surface area contributed by atoms with Crippen molar-refractivity contribution in [1.82, 2.24) is 9.97 Å². The van der Waals surface area contributed by atoms with E-state index >= 15 is 0 Å². The molecule has 0 aliphatic carbocycles. The fraction of sp³-hybridized carbons (Fsp3) is 0.500. The summed E-state index contributed by atoms with van der Waals surface area (Å²) in [6.45, 7) is 3.62. The first kappa shape index (κ1) is 9.32. The Labute approximate surface area is 76.6 Å². The maximum absolute atomic E-state index is 11.3. The second-order valence-electron chi connectivity index (χ2n) is 2.69. The fourth-order valence-electron chi connectivity index (χ4n) is 1.16. The molecule has 0 spiro atoms. The minimum Gasteiger partial charge on any atom is -0.311 e. The number of aromatic nitrogens is 2. The Morgan fingerprint density at radius 3 is 2.67 bits per heavy atom. The van der Waals surface area contributed by atoms with Crippen LogP contribution in [-0.4, -0.2) is 15.7 Å². The van der Waals surface area contributed by atoms with Crippen LogP contribution in [0.2, 0.25) is 0 Å². The van der Waals surface area contributed by atoms with E-state index in [9.17, 15) is 4.79 Å². The minimum atomic E-state index is -0.0333. The van der Waals surface area contributed by atoms with Gasteiger partial charge >= 0.3 is 0 Å². The molecule has 3 nitrogen and oxygen atoms in total. The third kappa shape index (κ3) is 1.88. The van der Waals surface area contributed by atoms with Gasteiger partial charge < -0.3 is 4.98 Å². The van der Waals surface area contributed by atoms with Crippen molar-refractivity contribution in [2.24, 2.45) is 0 Å². The van der Waals surface area contributed by atoms with Crippen LogP contribution < -0.4 is 5.56 Å². The number of aromatic amines is 1. The maximum atomic E-state index is 11.3. The average Bonchev–Trinajstić information content (AvgIpc) is 1.96. The summed E-state index contributed by atoms with van der Waals surface area (Å²) in [7, 11) is 0. The van der Waals surface area contributed by atoms with Gasteiger partial charge in [0.2, 0.25) is 0 Å². The van der Waals surface area contributed by atoms with Gasteiger partial charge in [-0.1, -0.05) is 0 Å². The monoisotopic (exact) mass is 184 g/mol. The number of rotatable bonds is 2. The Hall–Kier alpha value is -0.770. The van der Waals surface area contributed by atoms with Gasteiger partial charge in [-0.2, -0.15) is 12.6 Å². The number of thiol groups is 1. The summed E-state index contributed by atoms with van der Waals surface area (Å²) in [5, 5.41) is 0. The van der Waals surface area contributed by atoms with Crippen LogP contribution >= 0.6 is 12.6 Å². The first-order valence-corrected chi connectivity index (χ1v) is 4.45. The van der Waals surface area contributed by atoms with Crippen LogP contribution in [0, 0.1) is 13.8 Å². The normalized spacial score (nSPS) is 10.2. The molecule has 1 aromatic rings. The molecule has 0 fully saturated rings. The van der Waals surface area contributed by atoms with Gasteiger partial charge in [0.15, 0.2) is 0 Å². The third-order valence-corrected chi connectivity index (χ3v) is 1.93. The molecule has 1 aromatic heterocycles. The van der Waals surface area contributed by atoms with Crippen LogP contribution in [0.3, 0.4) is 0 Å². The number of nitrogens with one attached hydrogen (secondary N) is 1. The van der Waals surface area contributed by atoms with E-state index in [0.29, 0.717) is 18.0 Å². The molecule has 0 atom stereocenters. The van der Waals surface area contributed by atoms with Gasteiger partial charge in [0.05, 0.1) is 0 Å². The molecule has 0 aromatic carbocycles. The smallest absolute Gasteiger partial charge is 0.254 e. The van der Waals surface area contributed by atoms with Gasteiger partial charge in [-0.05, 0) is 26.0 Å². The summed E-state index contributed by atoms with van der Waals surface area (Å²) in [6.07, 6.45) is 0.678. The quantitative estimate of drug-likeness (QED) is 0.670. The molecule has 1 rings (SSSR count). The lowest BCUT2D eigenvalue weighted by atomic mass is 10.2. The molecular weight excluding hydrogens is 172 g/mol. The molecule has 0 saturated carbocycles. The minimum absolute atomic E-state index is 0.0333. The standard InChI is InChI=1S/C8H12N2OS/c1-5-7(3-4-12)8(11)10-6(2)9-5/h12H,3-4H2,1-2H3,(H,9,10,11). The van der Waals surface area contributed by atoms with Crippen molar-refractivity contribution in [2.75, 3.05) is 5.75 Å². The highest BCUT2D eigenvalue weighted by Gasteiger charge is 2.04. The van der Waals surface area contributed by atoms with Gasteiger partial charge in [-0.25, -0.2) is 4.98 Å². The molecule has 0 aliphatic rings. The Bertz CT molecular complexity index is 332. The van der Waals surface area contributed by atoms with Gasteiger partial charge in [-0.15, -0.1) is 0 Å². The van der Waals surface area contributed by atoms with Crippen LogP contribution in [-0.2, 0) is 6.42 Å². The number of hydrogen-bond acceptors (Lipinski definition) is 3. The Kier molecular flexibility index (Phi) is 2.92. The molecule has 0 saturated heterocycles. The van der Waals surface area contributed by atoms with E-state index in [1.165, 1.54) is 0 Å². The molecule has 4 heteroatoms. The number of nitrogens with zero attached hydrogens (tertiary/aromatic N) is 1. The van der Waals surface area contributed by atoms with Crippen molar-refractivity contribution in [3.8, 4) is 0 Å². The van der Waals surface area contributed by atoms with Gasteiger partial charge in [0, 0.05) is 11.3 Å². The molecule has 0 aliphatic heterocycles.